The molecular formula is C27H34N2O5. The van der Waals surface area contributed by atoms with E-state index in [9.17, 15) is 14.7 Å². The molecule has 0 saturated carbocycles. The van der Waals surface area contributed by atoms with E-state index in [1.54, 1.807) is 48.8 Å². The van der Waals surface area contributed by atoms with Crippen molar-refractivity contribution in [3.05, 3.63) is 65.5 Å². The maximum atomic E-state index is 13.0. The second-order valence-electron chi connectivity index (χ2n) is 8.63. The summed E-state index contributed by atoms with van der Waals surface area (Å²) in [5.74, 6) is -0.810. The maximum Gasteiger partial charge on any atom is 0.295 e. The molecule has 1 atom stereocenters. The fraction of sp³-hybridized carbons (Fsp3) is 0.444. The van der Waals surface area contributed by atoms with Crippen molar-refractivity contribution in [1.29, 1.82) is 0 Å². The highest BCUT2D eigenvalue weighted by atomic mass is 16.5. The Hall–Kier alpha value is -3.19. The SMILES string of the molecule is CCCCCOc1ccc(/C(O)=C2/C(=O)C(=O)N(CCCOC(C)C)C2c2ccncc2)cc1. The van der Waals surface area contributed by atoms with Gasteiger partial charge in [0.2, 0.25) is 0 Å². The fourth-order valence-corrected chi connectivity index (χ4v) is 3.96. The van der Waals surface area contributed by atoms with Gasteiger partial charge in [-0.2, -0.15) is 0 Å². The van der Waals surface area contributed by atoms with Crippen molar-refractivity contribution in [2.24, 2.45) is 0 Å². The molecule has 182 valence electrons. The maximum absolute atomic E-state index is 13.0. The second kappa shape index (κ2) is 12.3. The number of likely N-dealkylation sites (tertiary alicyclic amines) is 1. The number of carbonyl (C=O) groups excluding carboxylic acids is 2. The van der Waals surface area contributed by atoms with Gasteiger partial charge in [0.15, 0.2) is 0 Å². The molecule has 1 aromatic carbocycles. The van der Waals surface area contributed by atoms with Crippen LogP contribution in [-0.4, -0.2) is 52.5 Å². The number of carbonyl (C=O) groups is 2. The number of aliphatic hydroxyl groups is 1. The number of ether oxygens (including phenoxy) is 2. The van der Waals surface area contributed by atoms with Crippen molar-refractivity contribution in [3.8, 4) is 5.75 Å². The summed E-state index contributed by atoms with van der Waals surface area (Å²) >= 11 is 0. The highest BCUT2D eigenvalue weighted by Crippen LogP contribution is 2.39. The Bertz CT molecular complexity index is 986. The van der Waals surface area contributed by atoms with E-state index < -0.39 is 17.7 Å². The number of hydrogen-bond donors (Lipinski definition) is 1. The number of pyridine rings is 1. The van der Waals surface area contributed by atoms with E-state index in [1.165, 1.54) is 4.90 Å². The van der Waals surface area contributed by atoms with E-state index >= 15 is 0 Å². The van der Waals surface area contributed by atoms with Crippen LogP contribution in [0.3, 0.4) is 0 Å². The van der Waals surface area contributed by atoms with Crippen LogP contribution in [0.4, 0.5) is 0 Å². The number of aromatic nitrogens is 1. The first-order valence-corrected chi connectivity index (χ1v) is 12.0. The molecule has 0 radical (unpaired) electrons. The van der Waals surface area contributed by atoms with Crippen LogP contribution in [0.15, 0.2) is 54.4 Å². The first-order valence-electron chi connectivity index (χ1n) is 12.0. The summed E-state index contributed by atoms with van der Waals surface area (Å²) in [5, 5.41) is 11.1. The lowest BCUT2D eigenvalue weighted by molar-refractivity contribution is -0.140. The lowest BCUT2D eigenvalue weighted by atomic mass is 9.96. The van der Waals surface area contributed by atoms with Gasteiger partial charge in [0.1, 0.15) is 11.5 Å². The normalized spacial score (nSPS) is 17.5. The van der Waals surface area contributed by atoms with Crippen LogP contribution < -0.4 is 4.74 Å². The standard InChI is InChI=1S/C27H34N2O5/c1-4-5-6-17-34-22-10-8-21(9-11-22)25(30)23-24(20-12-14-28-15-13-20)29(27(32)26(23)31)16-7-18-33-19(2)3/h8-15,19,24,30H,4-7,16-18H2,1-3H3/b25-23-. The van der Waals surface area contributed by atoms with Crippen LogP contribution in [0.5, 0.6) is 5.75 Å². The number of ketones is 1. The average Bonchev–Trinajstić information content (AvgIpc) is 3.10. The smallest absolute Gasteiger partial charge is 0.295 e. The minimum atomic E-state index is -0.691. The van der Waals surface area contributed by atoms with Gasteiger partial charge in [0.05, 0.1) is 24.3 Å². The number of nitrogens with zero attached hydrogens (tertiary/aromatic N) is 2. The number of amides is 1. The van der Waals surface area contributed by atoms with Crippen LogP contribution in [0, 0.1) is 0 Å². The molecule has 3 rings (SSSR count). The molecule has 2 aromatic rings. The van der Waals surface area contributed by atoms with Crippen molar-refractivity contribution in [2.45, 2.75) is 58.6 Å². The van der Waals surface area contributed by atoms with Crippen molar-refractivity contribution in [3.63, 3.8) is 0 Å². The Morgan fingerprint density at radius 3 is 2.38 bits per heavy atom. The van der Waals surface area contributed by atoms with Gasteiger partial charge >= 0.3 is 0 Å². The fourth-order valence-electron chi connectivity index (χ4n) is 3.96. The summed E-state index contributed by atoms with van der Waals surface area (Å²) in [6, 6.07) is 9.77. The highest BCUT2D eigenvalue weighted by Gasteiger charge is 2.45. The molecule has 1 amide bonds. The van der Waals surface area contributed by atoms with Gasteiger partial charge in [-0.3, -0.25) is 14.6 Å². The third-order valence-corrected chi connectivity index (χ3v) is 5.70. The molecule has 34 heavy (non-hydrogen) atoms. The van der Waals surface area contributed by atoms with Gasteiger partial charge in [0, 0.05) is 31.1 Å². The molecule has 0 aliphatic carbocycles. The molecular weight excluding hydrogens is 432 g/mol. The Morgan fingerprint density at radius 1 is 1.03 bits per heavy atom. The number of hydrogen-bond acceptors (Lipinski definition) is 6. The van der Waals surface area contributed by atoms with E-state index in [-0.39, 0.29) is 17.4 Å². The zero-order valence-corrected chi connectivity index (χ0v) is 20.2. The van der Waals surface area contributed by atoms with E-state index in [0.717, 1.165) is 24.8 Å². The summed E-state index contributed by atoms with van der Waals surface area (Å²) in [6.07, 6.45) is 7.11. The monoisotopic (exact) mass is 466 g/mol. The number of benzene rings is 1. The van der Waals surface area contributed by atoms with E-state index in [0.29, 0.717) is 37.5 Å². The molecule has 0 bridgehead atoms. The minimum absolute atomic E-state index is 0.0811. The molecule has 1 N–H and O–H groups in total. The topological polar surface area (TPSA) is 89.0 Å². The molecule has 1 aromatic heterocycles. The predicted octanol–water partition coefficient (Wildman–Crippen LogP) is 4.89. The van der Waals surface area contributed by atoms with Gasteiger partial charge in [-0.15, -0.1) is 0 Å². The Balaban J connectivity index is 1.87. The van der Waals surface area contributed by atoms with E-state index in [1.807, 2.05) is 13.8 Å². The third-order valence-electron chi connectivity index (χ3n) is 5.70. The Labute approximate surface area is 201 Å². The lowest BCUT2D eigenvalue weighted by Crippen LogP contribution is -2.31. The van der Waals surface area contributed by atoms with Gasteiger partial charge in [-0.05, 0) is 68.7 Å². The molecule has 7 heteroatoms. The molecule has 2 heterocycles. The first kappa shape index (κ1) is 25.4. The van der Waals surface area contributed by atoms with Gasteiger partial charge in [-0.1, -0.05) is 19.8 Å². The number of rotatable bonds is 12. The summed E-state index contributed by atoms with van der Waals surface area (Å²) in [7, 11) is 0. The van der Waals surface area contributed by atoms with Crippen LogP contribution in [-0.2, 0) is 14.3 Å². The summed E-state index contributed by atoms with van der Waals surface area (Å²) < 4.78 is 11.3. The summed E-state index contributed by atoms with van der Waals surface area (Å²) in [4.78, 5) is 31.5. The highest BCUT2D eigenvalue weighted by molar-refractivity contribution is 6.46. The van der Waals surface area contributed by atoms with Crippen LogP contribution in [0.1, 0.15) is 63.6 Å². The number of Topliss-reactive ketones (excluding diaryl/α,β-unsaturated/α-hetero) is 1. The van der Waals surface area contributed by atoms with Crippen molar-refractivity contribution < 1.29 is 24.2 Å². The molecule has 1 fully saturated rings. The second-order valence-corrected chi connectivity index (χ2v) is 8.63. The Morgan fingerprint density at radius 2 is 1.74 bits per heavy atom. The zero-order chi connectivity index (χ0) is 24.5. The van der Waals surface area contributed by atoms with Crippen molar-refractivity contribution >= 4 is 17.4 Å². The quantitative estimate of drug-likeness (QED) is 0.207. The lowest BCUT2D eigenvalue weighted by Gasteiger charge is -2.25. The molecule has 1 saturated heterocycles. The average molecular weight is 467 g/mol. The number of unbranched alkanes of at least 4 members (excludes halogenated alkanes) is 2. The largest absolute Gasteiger partial charge is 0.507 e. The van der Waals surface area contributed by atoms with E-state index in [2.05, 4.69) is 11.9 Å². The molecule has 0 spiro atoms. The predicted molar refractivity (Wildman–Crippen MR) is 130 cm³/mol. The van der Waals surface area contributed by atoms with E-state index in [4.69, 9.17) is 9.47 Å². The zero-order valence-electron chi connectivity index (χ0n) is 20.2. The molecule has 1 unspecified atom stereocenters. The summed E-state index contributed by atoms with van der Waals surface area (Å²) in [6.45, 7) is 7.48. The molecule has 7 nitrogen and oxygen atoms in total. The number of aliphatic hydroxyl groups excluding tert-OH is 1. The Kier molecular flexibility index (Phi) is 9.22. The van der Waals surface area contributed by atoms with Gasteiger partial charge in [0.25, 0.3) is 11.7 Å². The van der Waals surface area contributed by atoms with Crippen LogP contribution in [0.25, 0.3) is 5.76 Å². The van der Waals surface area contributed by atoms with Gasteiger partial charge in [-0.25, -0.2) is 0 Å². The third kappa shape index (κ3) is 6.23. The van der Waals surface area contributed by atoms with Crippen LogP contribution >= 0.6 is 0 Å². The minimum Gasteiger partial charge on any atom is -0.507 e. The summed E-state index contributed by atoms with van der Waals surface area (Å²) in [5.41, 5.74) is 1.26. The van der Waals surface area contributed by atoms with Crippen molar-refractivity contribution in [2.75, 3.05) is 19.8 Å². The first-order chi connectivity index (χ1) is 16.4. The molecule has 1 aliphatic rings. The van der Waals surface area contributed by atoms with Crippen LogP contribution in [0.2, 0.25) is 0 Å². The van der Waals surface area contributed by atoms with Gasteiger partial charge < -0.3 is 19.5 Å². The van der Waals surface area contributed by atoms with Crippen molar-refractivity contribution in [1.82, 2.24) is 9.88 Å². The molecule has 1 aliphatic heterocycles.